The Hall–Kier alpha value is -2.67. The summed E-state index contributed by atoms with van der Waals surface area (Å²) in [6.07, 6.45) is 3.72. The first-order valence-electron chi connectivity index (χ1n) is 7.49. The first kappa shape index (κ1) is 14.9. The molecule has 0 aromatic heterocycles. The third-order valence-corrected chi connectivity index (χ3v) is 5.40. The van der Waals surface area contributed by atoms with Crippen molar-refractivity contribution in [3.63, 3.8) is 0 Å². The van der Waals surface area contributed by atoms with Crippen molar-refractivity contribution in [2.24, 2.45) is 10.3 Å². The molecule has 0 bridgehead atoms. The van der Waals surface area contributed by atoms with Crippen molar-refractivity contribution in [2.45, 2.75) is 12.5 Å². The monoisotopic (exact) mass is 341 g/mol. The lowest BCUT2D eigenvalue weighted by atomic mass is 9.89. The fourth-order valence-corrected chi connectivity index (χ4v) is 4.13. The largest absolute Gasteiger partial charge is 0.427 e. The molecule has 0 saturated heterocycles. The number of fused-ring (bicyclic) bond motifs is 3. The Balaban J connectivity index is 1.85. The zero-order chi connectivity index (χ0) is 16.8. The number of rotatable bonds is 2. The van der Waals surface area contributed by atoms with E-state index in [2.05, 4.69) is 10.3 Å². The van der Waals surface area contributed by atoms with E-state index in [0.29, 0.717) is 5.75 Å². The zero-order valence-corrected chi connectivity index (χ0v) is 13.8. The summed E-state index contributed by atoms with van der Waals surface area (Å²) in [5.41, 5.74) is 1.88. The second-order valence-corrected chi connectivity index (χ2v) is 7.21. The van der Waals surface area contributed by atoms with E-state index in [4.69, 9.17) is 4.18 Å². The number of benzene rings is 2. The van der Waals surface area contributed by atoms with Crippen molar-refractivity contribution in [3.8, 4) is 5.75 Å². The number of hydrogen-bond acceptors (Lipinski definition) is 5. The van der Waals surface area contributed by atoms with Crippen LogP contribution in [-0.2, 0) is 15.8 Å². The summed E-state index contributed by atoms with van der Waals surface area (Å²) in [7, 11) is -4.02. The first-order valence-corrected chi connectivity index (χ1v) is 8.85. The van der Waals surface area contributed by atoms with Gasteiger partial charge < -0.3 is 4.18 Å². The van der Waals surface area contributed by atoms with Crippen molar-refractivity contribution in [2.75, 3.05) is 6.54 Å². The van der Waals surface area contributed by atoms with Crippen LogP contribution in [0.5, 0.6) is 5.75 Å². The fourth-order valence-electron chi connectivity index (χ4n) is 2.93. The van der Waals surface area contributed by atoms with Gasteiger partial charge in [0.25, 0.3) is 0 Å². The quantitative estimate of drug-likeness (QED) is 0.842. The van der Waals surface area contributed by atoms with Crippen LogP contribution < -0.4 is 4.18 Å². The smallest absolute Gasteiger partial charge is 0.365 e. The van der Waals surface area contributed by atoms with Gasteiger partial charge in [0.1, 0.15) is 5.54 Å². The molecule has 2 aliphatic rings. The second-order valence-electron chi connectivity index (χ2n) is 5.84. The molecule has 122 valence electrons. The highest BCUT2D eigenvalue weighted by Gasteiger charge is 2.53. The van der Waals surface area contributed by atoms with E-state index in [-0.39, 0.29) is 6.54 Å². The molecule has 7 heteroatoms. The van der Waals surface area contributed by atoms with Crippen LogP contribution >= 0.6 is 0 Å². The fraction of sp³-hybridized carbons (Fsp3) is 0.176. The molecule has 2 aliphatic heterocycles. The predicted molar refractivity (Wildman–Crippen MR) is 89.4 cm³/mol. The van der Waals surface area contributed by atoms with Gasteiger partial charge in [0, 0.05) is 5.56 Å². The van der Waals surface area contributed by atoms with E-state index in [1.807, 2.05) is 55.5 Å². The van der Waals surface area contributed by atoms with E-state index < -0.39 is 15.8 Å². The summed E-state index contributed by atoms with van der Waals surface area (Å²) < 4.78 is 30.9. The Morgan fingerprint density at radius 3 is 2.71 bits per heavy atom. The van der Waals surface area contributed by atoms with Crippen LogP contribution in [0.15, 0.2) is 64.9 Å². The Kier molecular flexibility index (Phi) is 3.21. The number of nitrogens with zero attached hydrogens (tertiary/aromatic N) is 3. The van der Waals surface area contributed by atoms with Crippen LogP contribution in [0.4, 0.5) is 0 Å². The van der Waals surface area contributed by atoms with Gasteiger partial charge in [-0.15, -0.1) is 4.41 Å². The molecule has 0 amide bonds. The molecule has 0 aliphatic carbocycles. The lowest BCUT2D eigenvalue weighted by molar-refractivity contribution is 0.244. The minimum Gasteiger partial charge on any atom is -0.365 e. The van der Waals surface area contributed by atoms with Crippen LogP contribution in [0.2, 0.25) is 0 Å². The third-order valence-electron chi connectivity index (χ3n) is 4.19. The molecule has 2 aromatic carbocycles. The van der Waals surface area contributed by atoms with Gasteiger partial charge in [-0.3, -0.25) is 0 Å². The van der Waals surface area contributed by atoms with Crippen LogP contribution in [0, 0.1) is 6.92 Å². The predicted octanol–water partition coefficient (Wildman–Crippen LogP) is 3.22. The SMILES string of the molecule is Cc1ccc(/C=C/C23CN=NN2S(=O)(=O)Oc2ccccc23)cc1. The highest BCUT2D eigenvalue weighted by atomic mass is 32.2. The Labute approximate surface area is 140 Å². The van der Waals surface area contributed by atoms with Gasteiger partial charge in [0.05, 0.1) is 6.54 Å². The average molecular weight is 341 g/mol. The van der Waals surface area contributed by atoms with Crippen molar-refractivity contribution < 1.29 is 12.6 Å². The summed E-state index contributed by atoms with van der Waals surface area (Å²) in [6.45, 7) is 2.24. The van der Waals surface area contributed by atoms with Crippen molar-refractivity contribution in [1.29, 1.82) is 0 Å². The topological polar surface area (TPSA) is 71.3 Å². The maximum absolute atomic E-state index is 12.4. The van der Waals surface area contributed by atoms with E-state index in [1.54, 1.807) is 12.1 Å². The van der Waals surface area contributed by atoms with Gasteiger partial charge in [0.2, 0.25) is 0 Å². The first-order chi connectivity index (χ1) is 11.5. The highest BCUT2D eigenvalue weighted by molar-refractivity contribution is 7.84. The summed E-state index contributed by atoms with van der Waals surface area (Å²) in [5, 5.41) is 7.76. The molecule has 6 nitrogen and oxygen atoms in total. The van der Waals surface area contributed by atoms with Gasteiger partial charge in [-0.05, 0) is 24.6 Å². The minimum absolute atomic E-state index is 0.217. The molecule has 0 spiro atoms. The molecule has 1 unspecified atom stereocenters. The Morgan fingerprint density at radius 2 is 1.92 bits per heavy atom. The third kappa shape index (κ3) is 2.20. The van der Waals surface area contributed by atoms with E-state index in [9.17, 15) is 8.42 Å². The Morgan fingerprint density at radius 1 is 1.17 bits per heavy atom. The lowest BCUT2D eigenvalue weighted by Crippen LogP contribution is -2.49. The molecule has 1 atom stereocenters. The van der Waals surface area contributed by atoms with Gasteiger partial charge >= 0.3 is 10.3 Å². The molecule has 0 radical (unpaired) electrons. The molecule has 0 N–H and O–H groups in total. The van der Waals surface area contributed by atoms with Gasteiger partial charge in [-0.2, -0.15) is 13.5 Å². The van der Waals surface area contributed by atoms with Crippen LogP contribution in [-0.4, -0.2) is 19.4 Å². The Bertz CT molecular complexity index is 951. The van der Waals surface area contributed by atoms with E-state index in [0.717, 1.165) is 21.1 Å². The van der Waals surface area contributed by atoms with Crippen LogP contribution in [0.25, 0.3) is 6.08 Å². The minimum atomic E-state index is -4.02. The summed E-state index contributed by atoms with van der Waals surface area (Å²) >= 11 is 0. The summed E-state index contributed by atoms with van der Waals surface area (Å²) in [4.78, 5) is 0. The van der Waals surface area contributed by atoms with Gasteiger partial charge in [0.15, 0.2) is 5.75 Å². The average Bonchev–Trinajstić information content (AvgIpc) is 3.01. The van der Waals surface area contributed by atoms with Crippen LogP contribution in [0.3, 0.4) is 0 Å². The molecule has 2 aromatic rings. The highest BCUT2D eigenvalue weighted by Crippen LogP contribution is 2.46. The molecule has 0 fully saturated rings. The molecule has 2 heterocycles. The summed E-state index contributed by atoms with van der Waals surface area (Å²) in [6, 6.07) is 15.0. The molecular weight excluding hydrogens is 326 g/mol. The maximum atomic E-state index is 12.4. The van der Waals surface area contributed by atoms with Crippen molar-refractivity contribution in [3.05, 3.63) is 71.3 Å². The van der Waals surface area contributed by atoms with Crippen molar-refractivity contribution in [1.82, 2.24) is 4.41 Å². The molecule has 24 heavy (non-hydrogen) atoms. The maximum Gasteiger partial charge on any atom is 0.427 e. The number of aryl methyl sites for hydroxylation is 1. The molecule has 4 rings (SSSR count). The second kappa shape index (κ2) is 5.17. The van der Waals surface area contributed by atoms with Crippen molar-refractivity contribution >= 4 is 16.4 Å². The normalized spacial score (nSPS) is 23.8. The zero-order valence-electron chi connectivity index (χ0n) is 13.0. The van der Waals surface area contributed by atoms with Gasteiger partial charge in [-0.25, -0.2) is 0 Å². The molecule has 0 saturated carbocycles. The standard InChI is InChI=1S/C17H15N3O3S/c1-13-6-8-14(9-7-13)10-11-17-12-18-19-20(17)24(21,22)23-16-5-3-2-4-15(16)17/h2-11H,12H2,1H3/b11-10+. The van der Waals surface area contributed by atoms with Crippen LogP contribution in [0.1, 0.15) is 16.7 Å². The number of hydrogen-bond donors (Lipinski definition) is 0. The summed E-state index contributed by atoms with van der Waals surface area (Å²) in [5.74, 6) is 0.314. The number of para-hydroxylation sites is 1. The van der Waals surface area contributed by atoms with E-state index >= 15 is 0 Å². The molecular formula is C17H15N3O3S. The van der Waals surface area contributed by atoms with E-state index in [1.165, 1.54) is 0 Å². The van der Waals surface area contributed by atoms with Gasteiger partial charge in [-0.1, -0.05) is 59.3 Å². The lowest BCUT2D eigenvalue weighted by Gasteiger charge is -2.37.